The summed E-state index contributed by atoms with van der Waals surface area (Å²) in [5.74, 6) is 0.590. The van der Waals surface area contributed by atoms with Crippen LogP contribution in [0.15, 0.2) is 267 Å². The topological polar surface area (TPSA) is 171 Å². The Labute approximate surface area is 520 Å². The van der Waals surface area contributed by atoms with Crippen LogP contribution in [0.2, 0.25) is 0 Å². The summed E-state index contributed by atoms with van der Waals surface area (Å²) in [6.07, 6.45) is -9.91. The lowest BCUT2D eigenvalue weighted by Gasteiger charge is -2.50. The van der Waals surface area contributed by atoms with Gasteiger partial charge >= 0.3 is 23.5 Å². The van der Waals surface area contributed by atoms with E-state index in [1.54, 1.807) is 67.8 Å². The largest absolute Gasteiger partial charge is 0.497 e. The van der Waals surface area contributed by atoms with E-state index in [1.807, 2.05) is 206 Å². The molecule has 89 heavy (non-hydrogen) atoms. The highest BCUT2D eigenvalue weighted by Gasteiger charge is 2.61. The van der Waals surface area contributed by atoms with E-state index in [1.165, 1.54) is 0 Å². The molecule has 0 N–H and O–H groups in total. The number of rotatable bonds is 34. The standard InChI is InChI=1S/C70H71O16P3/c1-74-64-44-42-63(43-45-64)48-76-66-65(75-46-55-26-10-2-11-27-55)68(84-87(71,78-49-57-30-14-4-15-31-57)79-50-58-32-16-5-17-33-58)67(77-47-56-28-12-3-13-29-56)70(86-89(73,82-53-61-38-22-8-23-39-61)83-54-62-40-24-9-25-41-62)69(66)85-88(72,80-51-59-34-18-6-19-35-59)81-52-60-36-20-7-21-37-60/h2-45,65-70H,46-54H2,1H3/t65-,66-,67+,68+,69+,70+/m0/s1. The Morgan fingerprint density at radius 1 is 0.236 bits per heavy atom. The van der Waals surface area contributed by atoms with Crippen molar-refractivity contribution in [3.05, 3.63) is 317 Å². The van der Waals surface area contributed by atoms with E-state index >= 15 is 13.7 Å². The van der Waals surface area contributed by atoms with Crippen LogP contribution in [-0.2, 0) is 128 Å². The van der Waals surface area contributed by atoms with Crippen LogP contribution in [-0.4, -0.2) is 43.7 Å². The molecule has 19 heteroatoms. The van der Waals surface area contributed by atoms with Crippen molar-refractivity contribution in [2.45, 2.75) is 96.1 Å². The molecule has 9 aromatic rings. The van der Waals surface area contributed by atoms with Gasteiger partial charge in [-0.25, -0.2) is 13.7 Å². The summed E-state index contributed by atoms with van der Waals surface area (Å²) in [7, 11) is -13.3. The third-order valence-electron chi connectivity index (χ3n) is 14.3. The normalized spacial score (nSPS) is 17.9. The van der Waals surface area contributed by atoms with Crippen LogP contribution < -0.4 is 4.74 Å². The van der Waals surface area contributed by atoms with Gasteiger partial charge in [0.05, 0.1) is 66.6 Å². The molecule has 0 saturated heterocycles. The van der Waals surface area contributed by atoms with Crippen LogP contribution >= 0.6 is 23.5 Å². The van der Waals surface area contributed by atoms with Crippen molar-refractivity contribution in [2.24, 2.45) is 0 Å². The average Bonchev–Trinajstić information content (AvgIpc) is 0.936. The number of hydrogen-bond acceptors (Lipinski definition) is 16. The summed E-state index contributed by atoms with van der Waals surface area (Å²) >= 11 is 0. The van der Waals surface area contributed by atoms with Gasteiger partial charge < -0.3 is 18.9 Å². The molecule has 0 spiro atoms. The van der Waals surface area contributed by atoms with Crippen LogP contribution in [0.3, 0.4) is 0 Å². The highest BCUT2D eigenvalue weighted by Crippen LogP contribution is 2.61. The lowest BCUT2D eigenvalue weighted by molar-refractivity contribution is -0.255. The molecule has 1 saturated carbocycles. The maximum Gasteiger partial charge on any atom is 0.475 e. The van der Waals surface area contributed by atoms with Gasteiger partial charge in [-0.3, -0.25) is 40.7 Å². The van der Waals surface area contributed by atoms with Gasteiger partial charge in [-0.2, -0.15) is 0 Å². The van der Waals surface area contributed by atoms with E-state index in [9.17, 15) is 0 Å². The summed E-state index contributed by atoms with van der Waals surface area (Å²) in [6.45, 7) is -1.96. The molecule has 9 aromatic carbocycles. The Balaban J connectivity index is 1.18. The van der Waals surface area contributed by atoms with E-state index in [-0.39, 0.29) is 59.5 Å². The van der Waals surface area contributed by atoms with Gasteiger partial charge in [-0.15, -0.1) is 0 Å². The molecule has 6 atom stereocenters. The van der Waals surface area contributed by atoms with Crippen molar-refractivity contribution in [2.75, 3.05) is 7.11 Å². The lowest BCUT2D eigenvalue weighted by Crippen LogP contribution is -2.67. The van der Waals surface area contributed by atoms with Gasteiger partial charge in [0.1, 0.15) is 42.4 Å². The number of phosphoric acid groups is 3. The first-order valence-corrected chi connectivity index (χ1v) is 33.5. The summed E-state index contributed by atoms with van der Waals surface area (Å²) in [5, 5.41) is 0. The molecule has 0 aromatic heterocycles. The van der Waals surface area contributed by atoms with Crippen LogP contribution in [0.5, 0.6) is 5.75 Å². The molecule has 0 bridgehead atoms. The van der Waals surface area contributed by atoms with E-state index in [0.29, 0.717) is 50.3 Å². The summed E-state index contributed by atoms with van der Waals surface area (Å²) in [4.78, 5) is 0. The first-order valence-electron chi connectivity index (χ1n) is 29.1. The van der Waals surface area contributed by atoms with Crippen LogP contribution in [0.25, 0.3) is 0 Å². The van der Waals surface area contributed by atoms with Gasteiger partial charge in [-0.05, 0) is 62.2 Å². The van der Waals surface area contributed by atoms with Crippen LogP contribution in [0, 0.1) is 0 Å². The molecule has 1 fully saturated rings. The van der Waals surface area contributed by atoms with Gasteiger partial charge in [0.15, 0.2) is 0 Å². The molecule has 0 aliphatic heterocycles. The maximum atomic E-state index is 16.3. The number of phosphoric ester groups is 3. The van der Waals surface area contributed by atoms with Crippen molar-refractivity contribution >= 4 is 23.5 Å². The predicted molar refractivity (Wildman–Crippen MR) is 336 cm³/mol. The van der Waals surface area contributed by atoms with Crippen molar-refractivity contribution in [1.82, 2.24) is 0 Å². The third-order valence-corrected chi connectivity index (χ3v) is 18.4. The smallest absolute Gasteiger partial charge is 0.475 e. The zero-order chi connectivity index (χ0) is 61.4. The molecule has 10 rings (SSSR count). The molecular weight excluding hydrogens is 1190 g/mol. The molecule has 16 nitrogen and oxygen atoms in total. The minimum atomic E-state index is -4.99. The second-order valence-corrected chi connectivity index (χ2v) is 25.6. The fourth-order valence-electron chi connectivity index (χ4n) is 9.61. The third kappa shape index (κ3) is 20.0. The van der Waals surface area contributed by atoms with Crippen LogP contribution in [0.4, 0.5) is 0 Å². The van der Waals surface area contributed by atoms with Crippen molar-refractivity contribution in [3.8, 4) is 5.75 Å². The highest BCUT2D eigenvalue weighted by molar-refractivity contribution is 7.49. The highest BCUT2D eigenvalue weighted by atomic mass is 31.2. The molecule has 0 radical (unpaired) electrons. The van der Waals surface area contributed by atoms with Crippen LogP contribution in [0.1, 0.15) is 50.1 Å². The first-order chi connectivity index (χ1) is 43.6. The lowest BCUT2D eigenvalue weighted by atomic mass is 9.84. The average molecular weight is 1260 g/mol. The number of hydrogen-bond donors (Lipinski definition) is 0. The van der Waals surface area contributed by atoms with Gasteiger partial charge in [0, 0.05) is 0 Å². The second-order valence-electron chi connectivity index (χ2n) is 20.8. The number of ether oxygens (including phenoxy) is 4. The summed E-state index contributed by atoms with van der Waals surface area (Å²) in [6, 6.07) is 80.4. The van der Waals surface area contributed by atoms with E-state index in [2.05, 4.69) is 0 Å². The quantitative estimate of drug-likeness (QED) is 0.0349. The number of methoxy groups -OCH3 is 1. The predicted octanol–water partition coefficient (Wildman–Crippen LogP) is 16.5. The maximum absolute atomic E-state index is 16.3. The Morgan fingerprint density at radius 2 is 0.416 bits per heavy atom. The minimum Gasteiger partial charge on any atom is -0.497 e. The van der Waals surface area contributed by atoms with Crippen molar-refractivity contribution < 1.29 is 73.4 Å². The SMILES string of the molecule is COc1ccc(CO[C@H]2[C@H](OCc3ccccc3)[C@@H](OP(=O)(OCc3ccccc3)OCc3ccccc3)[C@@H](OCc3ccccc3)[C@@H](OP(=O)(OCc3ccccc3)OCc3ccccc3)[C@@H]2OP(=O)(OCc2ccccc2)OCc2ccccc2)cc1. The Morgan fingerprint density at radius 3 is 0.629 bits per heavy atom. The fraction of sp³-hybridized carbons (Fsp3) is 0.229. The molecule has 1 aliphatic carbocycles. The van der Waals surface area contributed by atoms with E-state index < -0.39 is 60.1 Å². The second kappa shape index (κ2) is 33.2. The summed E-state index contributed by atoms with van der Waals surface area (Å²) in [5.41, 5.74) is 5.89. The molecule has 0 heterocycles. The fourth-order valence-corrected chi connectivity index (χ4v) is 13.7. The van der Waals surface area contributed by atoms with Gasteiger partial charge in [0.25, 0.3) is 0 Å². The van der Waals surface area contributed by atoms with Crippen molar-refractivity contribution in [3.63, 3.8) is 0 Å². The molecular formula is C70H71O16P3. The zero-order valence-electron chi connectivity index (χ0n) is 49.1. The number of benzene rings is 9. The zero-order valence-corrected chi connectivity index (χ0v) is 51.8. The van der Waals surface area contributed by atoms with Crippen molar-refractivity contribution in [1.29, 1.82) is 0 Å². The minimum absolute atomic E-state index is 0.108. The van der Waals surface area contributed by atoms with Gasteiger partial charge in [0.2, 0.25) is 0 Å². The molecule has 1 aliphatic rings. The van der Waals surface area contributed by atoms with Gasteiger partial charge in [-0.1, -0.05) is 255 Å². The Bertz CT molecular complexity index is 3480. The monoisotopic (exact) mass is 1260 g/mol. The van der Waals surface area contributed by atoms with E-state index in [4.69, 9.17) is 59.7 Å². The first kappa shape index (κ1) is 65.0. The summed E-state index contributed by atoms with van der Waals surface area (Å²) < 4.78 is 135. The molecule has 462 valence electrons. The Hall–Kier alpha value is -7.01. The van der Waals surface area contributed by atoms with E-state index in [0.717, 1.165) is 5.56 Å². The Kier molecular flexibility index (Phi) is 24.2. The molecule has 0 unspecified atom stereocenters. The molecule has 0 amide bonds.